The van der Waals surface area contributed by atoms with E-state index in [0.29, 0.717) is 9.80 Å². The van der Waals surface area contributed by atoms with Crippen LogP contribution in [-0.2, 0) is 8.98 Å². The van der Waals surface area contributed by atoms with Crippen LogP contribution in [0.3, 0.4) is 0 Å². The Labute approximate surface area is 142 Å². The zero-order chi connectivity index (χ0) is 16.7. The zero-order valence-electron chi connectivity index (χ0n) is 12.4. The van der Waals surface area contributed by atoms with Crippen molar-refractivity contribution < 1.29 is 13.4 Å². The van der Waals surface area contributed by atoms with Gasteiger partial charge in [-0.05, 0) is 37.3 Å². The van der Waals surface area contributed by atoms with Gasteiger partial charge in [0.15, 0.2) is 6.40 Å². The summed E-state index contributed by atoms with van der Waals surface area (Å²) in [5.41, 5.74) is 1.15. The van der Waals surface area contributed by atoms with Crippen LogP contribution in [0.4, 0.5) is 4.39 Å². The number of benzene rings is 2. The summed E-state index contributed by atoms with van der Waals surface area (Å²) in [6, 6.07) is 13.7. The molecule has 0 fully saturated rings. The molecule has 0 saturated heterocycles. The molecule has 1 amide bonds. The van der Waals surface area contributed by atoms with E-state index in [1.54, 1.807) is 12.1 Å². The minimum atomic E-state index is -0.476. The molecular weight excluding hydrogens is 333 g/mol. The van der Waals surface area contributed by atoms with E-state index < -0.39 is 5.91 Å². The fourth-order valence-electron chi connectivity index (χ4n) is 1.53. The molecule has 0 aliphatic heterocycles. The normalized spacial score (nSPS) is 10.7. The maximum Gasteiger partial charge on any atom is 0.285 e. The summed E-state index contributed by atoms with van der Waals surface area (Å²) in [4.78, 5) is 17.3. The quantitative estimate of drug-likeness (QED) is 0.242. The van der Waals surface area contributed by atoms with Crippen molar-refractivity contribution in [2.45, 2.75) is 16.7 Å². The standard InChI is InChI=1S/C17H14FNO2S2/c1-12-6-8-15(9-7-12)22-13(2)17(20)19-11-21-23-16-5-3-4-14(18)10-16/h3-11H,2H2,1H3. The van der Waals surface area contributed by atoms with Crippen LogP contribution in [0.25, 0.3) is 0 Å². The van der Waals surface area contributed by atoms with Crippen molar-refractivity contribution in [1.29, 1.82) is 0 Å². The van der Waals surface area contributed by atoms with Gasteiger partial charge >= 0.3 is 0 Å². The van der Waals surface area contributed by atoms with E-state index >= 15 is 0 Å². The molecule has 0 N–H and O–H groups in total. The van der Waals surface area contributed by atoms with E-state index in [-0.39, 0.29) is 5.82 Å². The molecule has 0 spiro atoms. The van der Waals surface area contributed by atoms with Gasteiger partial charge in [0.2, 0.25) is 0 Å². The predicted molar refractivity (Wildman–Crippen MR) is 93.0 cm³/mol. The van der Waals surface area contributed by atoms with Crippen molar-refractivity contribution in [3.63, 3.8) is 0 Å². The lowest BCUT2D eigenvalue weighted by molar-refractivity contribution is -0.113. The molecular formula is C17H14FNO2S2. The molecule has 0 saturated carbocycles. The van der Waals surface area contributed by atoms with E-state index in [2.05, 4.69) is 11.6 Å². The van der Waals surface area contributed by atoms with Crippen molar-refractivity contribution >= 4 is 36.1 Å². The summed E-state index contributed by atoms with van der Waals surface area (Å²) in [5, 5.41) is 0. The smallest absolute Gasteiger partial charge is 0.285 e. The van der Waals surface area contributed by atoms with Crippen LogP contribution in [0.2, 0.25) is 0 Å². The van der Waals surface area contributed by atoms with Crippen LogP contribution in [0.5, 0.6) is 0 Å². The van der Waals surface area contributed by atoms with Gasteiger partial charge in [-0.25, -0.2) is 4.39 Å². The first-order valence-corrected chi connectivity index (χ1v) is 8.19. The molecule has 2 aromatic carbocycles. The molecule has 0 aromatic heterocycles. The molecule has 0 aliphatic rings. The number of hydrogen-bond donors (Lipinski definition) is 0. The highest BCUT2D eigenvalue weighted by Crippen LogP contribution is 2.26. The van der Waals surface area contributed by atoms with Gasteiger partial charge in [-0.1, -0.05) is 42.1 Å². The summed E-state index contributed by atoms with van der Waals surface area (Å²) in [6.45, 7) is 5.70. The minimum Gasteiger partial charge on any atom is -0.408 e. The van der Waals surface area contributed by atoms with Crippen LogP contribution in [0.1, 0.15) is 5.56 Å². The Morgan fingerprint density at radius 1 is 1.22 bits per heavy atom. The number of nitrogens with zero attached hydrogens (tertiary/aromatic N) is 1. The summed E-state index contributed by atoms with van der Waals surface area (Å²) in [5.74, 6) is -0.829. The zero-order valence-corrected chi connectivity index (χ0v) is 14.0. The Bertz CT molecular complexity index is 730. The fraction of sp³-hybridized carbons (Fsp3) is 0.0588. The third-order valence-electron chi connectivity index (χ3n) is 2.65. The highest BCUT2D eigenvalue weighted by molar-refractivity contribution is 8.04. The molecule has 0 aliphatic carbocycles. The second-order valence-corrected chi connectivity index (χ2v) is 6.51. The Hall–Kier alpha value is -2.05. The maximum atomic E-state index is 13.0. The first kappa shape index (κ1) is 17.3. The molecule has 0 bridgehead atoms. The molecule has 2 rings (SSSR count). The lowest BCUT2D eigenvalue weighted by Gasteiger charge is -2.02. The summed E-state index contributed by atoms with van der Waals surface area (Å²) < 4.78 is 18.0. The van der Waals surface area contributed by atoms with E-state index in [0.717, 1.165) is 28.9 Å². The van der Waals surface area contributed by atoms with Gasteiger partial charge in [-0.3, -0.25) is 4.79 Å². The summed E-state index contributed by atoms with van der Waals surface area (Å²) in [6.07, 6.45) is 1.03. The number of hydrogen-bond acceptors (Lipinski definition) is 4. The van der Waals surface area contributed by atoms with Crippen molar-refractivity contribution in [2.24, 2.45) is 4.99 Å². The Morgan fingerprint density at radius 3 is 2.65 bits per heavy atom. The van der Waals surface area contributed by atoms with Crippen LogP contribution < -0.4 is 0 Å². The van der Waals surface area contributed by atoms with Gasteiger partial charge in [0.25, 0.3) is 5.91 Å². The lowest BCUT2D eigenvalue weighted by atomic mass is 10.2. The molecule has 6 heteroatoms. The number of amides is 1. The van der Waals surface area contributed by atoms with Crippen LogP contribution in [0, 0.1) is 12.7 Å². The van der Waals surface area contributed by atoms with Gasteiger partial charge in [-0.2, -0.15) is 4.99 Å². The van der Waals surface area contributed by atoms with Gasteiger partial charge in [0, 0.05) is 4.90 Å². The average molecular weight is 347 g/mol. The first-order valence-electron chi connectivity index (χ1n) is 6.64. The molecule has 3 nitrogen and oxygen atoms in total. The number of aryl methyl sites for hydroxylation is 1. The van der Waals surface area contributed by atoms with E-state index in [1.807, 2.05) is 31.2 Å². The molecule has 2 aromatic rings. The van der Waals surface area contributed by atoms with Gasteiger partial charge in [-0.15, -0.1) is 0 Å². The lowest BCUT2D eigenvalue weighted by Crippen LogP contribution is -1.95. The van der Waals surface area contributed by atoms with Crippen molar-refractivity contribution in [3.8, 4) is 0 Å². The predicted octanol–water partition coefficient (Wildman–Crippen LogP) is 5.02. The Morgan fingerprint density at radius 2 is 1.96 bits per heavy atom. The van der Waals surface area contributed by atoms with Crippen LogP contribution in [-0.4, -0.2) is 12.3 Å². The maximum absolute atomic E-state index is 13.0. The second-order valence-electron chi connectivity index (χ2n) is 4.51. The van der Waals surface area contributed by atoms with Gasteiger partial charge in [0.1, 0.15) is 5.82 Å². The summed E-state index contributed by atoms with van der Waals surface area (Å²) >= 11 is 2.16. The van der Waals surface area contributed by atoms with E-state index in [1.165, 1.54) is 23.9 Å². The van der Waals surface area contributed by atoms with Crippen LogP contribution >= 0.6 is 23.8 Å². The highest BCUT2D eigenvalue weighted by atomic mass is 32.2. The fourth-order valence-corrected chi connectivity index (χ4v) is 2.72. The molecule has 23 heavy (non-hydrogen) atoms. The number of aliphatic imine (C=N–C) groups is 1. The largest absolute Gasteiger partial charge is 0.408 e. The van der Waals surface area contributed by atoms with E-state index in [9.17, 15) is 9.18 Å². The van der Waals surface area contributed by atoms with Gasteiger partial charge in [0.05, 0.1) is 21.8 Å². The average Bonchev–Trinajstić information content (AvgIpc) is 2.53. The number of carbonyl (C=O) groups excluding carboxylic acids is 1. The van der Waals surface area contributed by atoms with Gasteiger partial charge < -0.3 is 4.18 Å². The van der Waals surface area contributed by atoms with Crippen molar-refractivity contribution in [1.82, 2.24) is 0 Å². The molecule has 118 valence electrons. The number of rotatable bonds is 6. The Balaban J connectivity index is 1.81. The van der Waals surface area contributed by atoms with Crippen molar-refractivity contribution in [3.05, 3.63) is 71.4 Å². The minimum absolute atomic E-state index is 0.296. The topological polar surface area (TPSA) is 38.7 Å². The third-order valence-corrected chi connectivity index (χ3v) is 4.21. The molecule has 0 atom stereocenters. The molecule has 0 radical (unpaired) electrons. The monoisotopic (exact) mass is 347 g/mol. The van der Waals surface area contributed by atoms with Crippen LogP contribution in [0.15, 0.2) is 74.8 Å². The second kappa shape index (κ2) is 8.55. The van der Waals surface area contributed by atoms with E-state index in [4.69, 9.17) is 4.18 Å². The number of carbonyl (C=O) groups is 1. The highest BCUT2D eigenvalue weighted by Gasteiger charge is 2.07. The first-order chi connectivity index (χ1) is 11.0. The Kier molecular flexibility index (Phi) is 6.43. The SMILES string of the molecule is C=C(Sc1ccc(C)cc1)C(=O)N=COSc1cccc(F)c1. The number of halogens is 1. The molecule has 0 heterocycles. The van der Waals surface area contributed by atoms with Crippen molar-refractivity contribution in [2.75, 3.05) is 0 Å². The summed E-state index contributed by atoms with van der Waals surface area (Å²) in [7, 11) is 0. The molecule has 0 unspecified atom stereocenters. The number of thioether (sulfide) groups is 1. The third kappa shape index (κ3) is 5.92.